The van der Waals surface area contributed by atoms with E-state index in [2.05, 4.69) is 55.8 Å². The third kappa shape index (κ3) is 2.93. The Morgan fingerprint density at radius 2 is 2.10 bits per heavy atom. The van der Waals surface area contributed by atoms with Gasteiger partial charge in [-0.25, -0.2) is 4.98 Å². The van der Waals surface area contributed by atoms with Gasteiger partial charge in [0, 0.05) is 24.9 Å². The number of aryl methyl sites for hydroxylation is 1. The summed E-state index contributed by atoms with van der Waals surface area (Å²) in [6, 6.07) is 1.14. The lowest BCUT2D eigenvalue weighted by Crippen LogP contribution is -2.43. The van der Waals surface area contributed by atoms with Crippen molar-refractivity contribution in [3.8, 4) is 0 Å². The maximum absolute atomic E-state index is 4.52. The van der Waals surface area contributed by atoms with Gasteiger partial charge in [-0.3, -0.25) is 0 Å². The molecule has 0 spiro atoms. The van der Waals surface area contributed by atoms with Gasteiger partial charge in [0.15, 0.2) is 0 Å². The van der Waals surface area contributed by atoms with Crippen LogP contribution in [0.2, 0.25) is 0 Å². The highest BCUT2D eigenvalue weighted by Gasteiger charge is 2.37. The number of aromatic nitrogens is 2. The zero-order valence-corrected chi connectivity index (χ0v) is 13.8. The lowest BCUT2D eigenvalue weighted by atomic mass is 9.67. The fourth-order valence-corrected chi connectivity index (χ4v) is 3.71. The number of hydrogen-bond acceptors (Lipinski definition) is 2. The summed E-state index contributed by atoms with van der Waals surface area (Å²) in [6.07, 6.45) is 10.3. The molecule has 1 aliphatic rings. The minimum absolute atomic E-state index is 0.448. The number of rotatable bonds is 5. The fraction of sp³-hybridized carbons (Fsp3) is 0.824. The quantitative estimate of drug-likeness (QED) is 0.887. The Morgan fingerprint density at radius 1 is 1.35 bits per heavy atom. The average Bonchev–Trinajstić information content (AvgIpc) is 2.94. The summed E-state index contributed by atoms with van der Waals surface area (Å²) in [6.45, 7) is 9.39. The minimum Gasteiger partial charge on any atom is -0.330 e. The van der Waals surface area contributed by atoms with Crippen molar-refractivity contribution in [3.63, 3.8) is 0 Å². The minimum atomic E-state index is 0.448. The molecular weight excluding hydrogens is 246 g/mol. The molecule has 0 aliphatic heterocycles. The van der Waals surface area contributed by atoms with E-state index in [0.717, 1.165) is 12.3 Å². The van der Waals surface area contributed by atoms with Crippen LogP contribution >= 0.6 is 0 Å². The summed E-state index contributed by atoms with van der Waals surface area (Å²) in [4.78, 5) is 4.52. The van der Waals surface area contributed by atoms with E-state index in [4.69, 9.17) is 0 Å². The highest BCUT2D eigenvalue weighted by molar-refractivity contribution is 5.01. The van der Waals surface area contributed by atoms with Crippen molar-refractivity contribution in [3.05, 3.63) is 18.2 Å². The van der Waals surface area contributed by atoms with E-state index < -0.39 is 0 Å². The summed E-state index contributed by atoms with van der Waals surface area (Å²) in [5.41, 5.74) is 0.448. The molecule has 0 aromatic carbocycles. The fourth-order valence-electron chi connectivity index (χ4n) is 3.71. The molecule has 1 fully saturated rings. The van der Waals surface area contributed by atoms with E-state index >= 15 is 0 Å². The van der Waals surface area contributed by atoms with Crippen LogP contribution in [0.3, 0.4) is 0 Å². The molecule has 20 heavy (non-hydrogen) atoms. The predicted octanol–water partition coefficient (Wildman–Crippen LogP) is 3.81. The number of nitrogens with zero attached hydrogens (tertiary/aromatic N) is 2. The second kappa shape index (κ2) is 6.30. The van der Waals surface area contributed by atoms with Gasteiger partial charge in [-0.1, -0.05) is 34.1 Å². The van der Waals surface area contributed by atoms with E-state index in [9.17, 15) is 0 Å². The lowest BCUT2D eigenvalue weighted by Gasteiger charge is -2.43. The Labute approximate surface area is 124 Å². The van der Waals surface area contributed by atoms with Gasteiger partial charge in [-0.2, -0.15) is 0 Å². The van der Waals surface area contributed by atoms with Crippen LogP contribution in [0, 0.1) is 11.3 Å². The van der Waals surface area contributed by atoms with Gasteiger partial charge in [-0.05, 0) is 37.6 Å². The Kier molecular flexibility index (Phi) is 4.90. The molecule has 1 heterocycles. The van der Waals surface area contributed by atoms with Crippen LogP contribution in [0.15, 0.2) is 12.4 Å². The maximum Gasteiger partial charge on any atom is 0.108 e. The van der Waals surface area contributed by atoms with Crippen molar-refractivity contribution in [1.82, 2.24) is 14.9 Å². The summed E-state index contributed by atoms with van der Waals surface area (Å²) in [5.74, 6) is 2.04. The van der Waals surface area contributed by atoms with Crippen molar-refractivity contribution < 1.29 is 0 Å². The first-order chi connectivity index (χ1) is 9.53. The summed E-state index contributed by atoms with van der Waals surface area (Å²) in [5, 5.41) is 3.53. The number of nitrogens with one attached hydrogen (secondary N) is 1. The Bertz CT molecular complexity index is 422. The summed E-state index contributed by atoms with van der Waals surface area (Å²) in [7, 11) is 2.10. The molecule has 0 amide bonds. The molecule has 0 radical (unpaired) electrons. The van der Waals surface area contributed by atoms with Crippen LogP contribution in [0.25, 0.3) is 0 Å². The van der Waals surface area contributed by atoms with Gasteiger partial charge < -0.3 is 9.88 Å². The second-order valence-electron chi connectivity index (χ2n) is 6.92. The first-order valence-electron chi connectivity index (χ1n) is 8.22. The topological polar surface area (TPSA) is 29.9 Å². The Hall–Kier alpha value is -0.830. The van der Waals surface area contributed by atoms with Gasteiger partial charge in [-0.15, -0.1) is 0 Å². The Balaban J connectivity index is 2.23. The summed E-state index contributed by atoms with van der Waals surface area (Å²) >= 11 is 0. The molecule has 114 valence electrons. The first kappa shape index (κ1) is 15.6. The molecule has 3 heteroatoms. The van der Waals surface area contributed by atoms with Gasteiger partial charge in [0.25, 0.3) is 0 Å². The monoisotopic (exact) mass is 277 g/mol. The second-order valence-corrected chi connectivity index (χ2v) is 6.92. The zero-order chi connectivity index (χ0) is 14.8. The van der Waals surface area contributed by atoms with Crippen LogP contribution in [0.4, 0.5) is 0 Å². The van der Waals surface area contributed by atoms with Crippen LogP contribution in [0.5, 0.6) is 0 Å². The van der Waals surface area contributed by atoms with Crippen molar-refractivity contribution in [2.24, 2.45) is 11.3 Å². The average molecular weight is 277 g/mol. The maximum atomic E-state index is 4.52. The number of imidazole rings is 1. The normalized spacial score (nSPS) is 27.8. The lowest BCUT2D eigenvalue weighted by molar-refractivity contribution is 0.102. The third-order valence-corrected chi connectivity index (χ3v) is 5.63. The van der Waals surface area contributed by atoms with Crippen LogP contribution < -0.4 is 5.32 Å². The van der Waals surface area contributed by atoms with Crippen LogP contribution in [0.1, 0.15) is 65.2 Å². The van der Waals surface area contributed by atoms with Gasteiger partial charge >= 0.3 is 0 Å². The van der Waals surface area contributed by atoms with Crippen LogP contribution in [-0.4, -0.2) is 22.6 Å². The van der Waals surface area contributed by atoms with Gasteiger partial charge in [0.2, 0.25) is 0 Å². The molecule has 2 rings (SSSR count). The molecule has 1 N–H and O–H groups in total. The van der Waals surface area contributed by atoms with E-state index in [-0.39, 0.29) is 0 Å². The van der Waals surface area contributed by atoms with Crippen molar-refractivity contribution in [1.29, 1.82) is 0 Å². The zero-order valence-electron chi connectivity index (χ0n) is 13.8. The largest absolute Gasteiger partial charge is 0.330 e. The highest BCUT2D eigenvalue weighted by atomic mass is 15.1. The predicted molar refractivity (Wildman–Crippen MR) is 84.9 cm³/mol. The van der Waals surface area contributed by atoms with E-state index in [0.29, 0.717) is 17.5 Å². The van der Waals surface area contributed by atoms with Gasteiger partial charge in [0.1, 0.15) is 5.82 Å². The molecule has 1 aromatic heterocycles. The molecule has 0 saturated heterocycles. The third-order valence-electron chi connectivity index (χ3n) is 5.63. The van der Waals surface area contributed by atoms with Crippen molar-refractivity contribution >= 4 is 0 Å². The molecular formula is C17H31N3. The molecule has 0 bridgehead atoms. The van der Waals surface area contributed by atoms with Crippen LogP contribution in [-0.2, 0) is 6.42 Å². The van der Waals surface area contributed by atoms with E-state index in [1.807, 2.05) is 6.20 Å². The highest BCUT2D eigenvalue weighted by Crippen LogP contribution is 2.44. The molecule has 1 aromatic rings. The Morgan fingerprint density at radius 3 is 2.70 bits per heavy atom. The van der Waals surface area contributed by atoms with E-state index in [1.165, 1.54) is 31.5 Å². The summed E-state index contributed by atoms with van der Waals surface area (Å²) < 4.78 is 2.43. The van der Waals surface area contributed by atoms with Gasteiger partial charge in [0.05, 0.1) is 6.04 Å². The molecule has 1 aliphatic carbocycles. The standard InChI is InChI=1S/C17H31N3/c1-6-16-19-10-11-20(16)15-12-13(17(3,4)7-2)8-9-14(15)18-5/h10-11,13-15,18H,6-9,12H2,1-5H3. The molecule has 1 saturated carbocycles. The first-order valence-corrected chi connectivity index (χ1v) is 8.22. The SMILES string of the molecule is CCc1nccn1C1CC(C(C)(C)CC)CCC1NC. The smallest absolute Gasteiger partial charge is 0.108 e. The molecule has 3 atom stereocenters. The molecule has 3 unspecified atom stereocenters. The number of hydrogen-bond donors (Lipinski definition) is 1. The molecule has 3 nitrogen and oxygen atoms in total. The van der Waals surface area contributed by atoms with E-state index in [1.54, 1.807) is 0 Å². The van der Waals surface area contributed by atoms with Crippen molar-refractivity contribution in [2.45, 2.75) is 71.9 Å². The van der Waals surface area contributed by atoms with Crippen molar-refractivity contribution in [2.75, 3.05) is 7.05 Å². The number of likely N-dealkylation sites (N-methyl/N-ethyl adjacent to an activating group) is 1.